The van der Waals surface area contributed by atoms with Crippen LogP contribution in [0, 0.1) is 13.8 Å². The maximum atomic E-state index is 12.0. The van der Waals surface area contributed by atoms with Crippen LogP contribution in [0.4, 0.5) is 0 Å². The molecule has 2 aromatic heterocycles. The molecule has 4 aromatic rings. The van der Waals surface area contributed by atoms with Gasteiger partial charge in [-0.3, -0.25) is 4.57 Å². The van der Waals surface area contributed by atoms with Crippen molar-refractivity contribution in [2.75, 3.05) is 0 Å². The van der Waals surface area contributed by atoms with Crippen LogP contribution in [-0.4, -0.2) is 19.7 Å². The van der Waals surface area contributed by atoms with Gasteiger partial charge in [-0.2, -0.15) is 4.98 Å². The smallest absolute Gasteiger partial charge is 0.330 e. The lowest BCUT2D eigenvalue weighted by Crippen LogP contribution is -2.15. The van der Waals surface area contributed by atoms with Crippen molar-refractivity contribution in [3.63, 3.8) is 0 Å². The lowest BCUT2D eigenvalue weighted by atomic mass is 10.1. The first-order valence-corrected chi connectivity index (χ1v) is 8.56. The summed E-state index contributed by atoms with van der Waals surface area (Å²) in [7, 11) is 0. The highest BCUT2D eigenvalue weighted by Crippen LogP contribution is 2.20. The third kappa shape index (κ3) is 3.50. The van der Waals surface area contributed by atoms with Crippen LogP contribution in [-0.2, 0) is 0 Å². The Labute approximate surface area is 155 Å². The van der Waals surface area contributed by atoms with E-state index >= 15 is 0 Å². The number of hydrogen-bond donors (Lipinski definition) is 1. The van der Waals surface area contributed by atoms with Gasteiger partial charge in [0.25, 0.3) is 5.89 Å². The van der Waals surface area contributed by atoms with Crippen LogP contribution in [0.3, 0.4) is 0 Å². The van der Waals surface area contributed by atoms with E-state index in [2.05, 4.69) is 34.2 Å². The minimum atomic E-state index is -0.181. The molecule has 2 aromatic carbocycles. The summed E-state index contributed by atoms with van der Waals surface area (Å²) in [6, 6.07) is 15.6. The first kappa shape index (κ1) is 16.8. The van der Waals surface area contributed by atoms with Gasteiger partial charge in [0.05, 0.1) is 5.69 Å². The maximum Gasteiger partial charge on any atom is 0.330 e. The quantitative estimate of drug-likeness (QED) is 0.598. The van der Waals surface area contributed by atoms with Crippen LogP contribution in [0.5, 0.6) is 0 Å². The van der Waals surface area contributed by atoms with Crippen LogP contribution < -0.4 is 5.69 Å². The molecule has 0 unspecified atom stereocenters. The average Bonchev–Trinajstić information content (AvgIpc) is 3.28. The lowest BCUT2D eigenvalue weighted by molar-refractivity contribution is 0.411. The molecular formula is C21H18N4O2. The van der Waals surface area contributed by atoms with Gasteiger partial charge in [0, 0.05) is 23.5 Å². The van der Waals surface area contributed by atoms with Crippen molar-refractivity contribution in [1.29, 1.82) is 0 Å². The number of benzene rings is 2. The number of aryl methyl sites for hydroxylation is 2. The predicted octanol–water partition coefficient (Wildman–Crippen LogP) is 4.00. The number of aromatic nitrogens is 4. The molecular weight excluding hydrogens is 340 g/mol. The van der Waals surface area contributed by atoms with E-state index in [1.807, 2.05) is 49.4 Å². The second-order valence-electron chi connectivity index (χ2n) is 6.32. The highest BCUT2D eigenvalue weighted by Gasteiger charge is 2.10. The van der Waals surface area contributed by atoms with Crippen molar-refractivity contribution >= 4 is 12.2 Å². The Morgan fingerprint density at radius 2 is 1.89 bits per heavy atom. The largest absolute Gasteiger partial charge is 0.334 e. The molecule has 0 radical (unpaired) electrons. The first-order chi connectivity index (χ1) is 13.1. The zero-order valence-electron chi connectivity index (χ0n) is 15.0. The van der Waals surface area contributed by atoms with Crippen molar-refractivity contribution in [1.82, 2.24) is 19.7 Å². The molecule has 0 fully saturated rings. The molecule has 0 aliphatic carbocycles. The number of hydrogen-bond acceptors (Lipinski definition) is 4. The fourth-order valence-electron chi connectivity index (χ4n) is 2.83. The number of aromatic amines is 1. The SMILES string of the molecule is Cc1ccc(/C=C/c2nc(-c3cccc(-n4c(C)c[nH]c4=O)c3)no2)cc1. The van der Waals surface area contributed by atoms with Gasteiger partial charge >= 0.3 is 5.69 Å². The Hall–Kier alpha value is -3.67. The molecule has 0 atom stereocenters. The van der Waals surface area contributed by atoms with Crippen molar-refractivity contribution in [3.05, 3.63) is 87.9 Å². The number of imidazole rings is 1. The van der Waals surface area contributed by atoms with E-state index < -0.39 is 0 Å². The molecule has 4 rings (SSSR count). The van der Waals surface area contributed by atoms with E-state index in [9.17, 15) is 4.79 Å². The normalized spacial score (nSPS) is 11.3. The summed E-state index contributed by atoms with van der Waals surface area (Å²) in [6.07, 6.45) is 5.39. The van der Waals surface area contributed by atoms with E-state index in [1.165, 1.54) is 5.56 Å². The second-order valence-corrected chi connectivity index (χ2v) is 6.32. The zero-order valence-corrected chi connectivity index (χ0v) is 15.0. The fraction of sp³-hybridized carbons (Fsp3) is 0.0952. The van der Waals surface area contributed by atoms with Gasteiger partial charge in [0.1, 0.15) is 0 Å². The molecule has 0 bridgehead atoms. The highest BCUT2D eigenvalue weighted by molar-refractivity contribution is 5.67. The summed E-state index contributed by atoms with van der Waals surface area (Å²) in [5.74, 6) is 0.896. The number of H-pyrrole nitrogens is 1. The summed E-state index contributed by atoms with van der Waals surface area (Å²) in [5.41, 5.74) is 4.44. The van der Waals surface area contributed by atoms with Gasteiger partial charge in [-0.25, -0.2) is 4.79 Å². The molecule has 0 amide bonds. The molecule has 0 saturated carbocycles. The van der Waals surface area contributed by atoms with Crippen LogP contribution >= 0.6 is 0 Å². The molecule has 0 aliphatic heterocycles. The Morgan fingerprint density at radius 1 is 1.07 bits per heavy atom. The molecule has 0 aliphatic rings. The second kappa shape index (κ2) is 6.92. The third-order valence-electron chi connectivity index (χ3n) is 4.26. The lowest BCUT2D eigenvalue weighted by Gasteiger charge is -2.04. The molecule has 0 saturated heterocycles. The Kier molecular flexibility index (Phi) is 4.30. The molecule has 134 valence electrons. The van der Waals surface area contributed by atoms with E-state index in [0.29, 0.717) is 11.7 Å². The van der Waals surface area contributed by atoms with E-state index in [4.69, 9.17) is 4.52 Å². The minimum absolute atomic E-state index is 0.181. The molecule has 2 heterocycles. The van der Waals surface area contributed by atoms with Gasteiger partial charge in [-0.05, 0) is 37.6 Å². The van der Waals surface area contributed by atoms with E-state index in [0.717, 1.165) is 22.5 Å². The summed E-state index contributed by atoms with van der Waals surface area (Å²) in [5, 5.41) is 4.05. The number of rotatable bonds is 4. The fourth-order valence-corrected chi connectivity index (χ4v) is 2.83. The molecule has 0 spiro atoms. The zero-order chi connectivity index (χ0) is 18.8. The van der Waals surface area contributed by atoms with Gasteiger partial charge < -0.3 is 9.51 Å². The average molecular weight is 358 g/mol. The topological polar surface area (TPSA) is 76.7 Å². The standard InChI is InChI=1S/C21H18N4O2/c1-14-6-8-16(9-7-14)10-11-19-23-20(24-27-19)17-4-3-5-18(12-17)25-15(2)13-22-21(25)26/h3-13H,1-2H3,(H,22,26)/b11-10+. The molecule has 27 heavy (non-hydrogen) atoms. The van der Waals surface area contributed by atoms with E-state index in [1.54, 1.807) is 16.8 Å². The Balaban J connectivity index is 1.61. The van der Waals surface area contributed by atoms with Crippen molar-refractivity contribution in [3.8, 4) is 17.1 Å². The van der Waals surface area contributed by atoms with Gasteiger partial charge in [-0.15, -0.1) is 0 Å². The van der Waals surface area contributed by atoms with Crippen molar-refractivity contribution in [2.24, 2.45) is 0 Å². The monoisotopic (exact) mass is 358 g/mol. The van der Waals surface area contributed by atoms with Crippen LogP contribution in [0.15, 0.2) is 64.0 Å². The molecule has 1 N–H and O–H groups in total. The van der Waals surface area contributed by atoms with Crippen LogP contribution in [0.25, 0.3) is 29.2 Å². The summed E-state index contributed by atoms with van der Waals surface area (Å²) < 4.78 is 6.92. The molecule has 6 heteroatoms. The number of nitrogens with one attached hydrogen (secondary N) is 1. The summed E-state index contributed by atoms with van der Waals surface area (Å²) in [4.78, 5) is 19.1. The van der Waals surface area contributed by atoms with Crippen LogP contribution in [0.1, 0.15) is 22.7 Å². The maximum absolute atomic E-state index is 12.0. The first-order valence-electron chi connectivity index (χ1n) is 8.56. The summed E-state index contributed by atoms with van der Waals surface area (Å²) in [6.45, 7) is 3.92. The van der Waals surface area contributed by atoms with Gasteiger partial charge in [0.2, 0.25) is 5.82 Å². The Morgan fingerprint density at radius 3 is 2.63 bits per heavy atom. The number of nitrogens with zero attached hydrogens (tertiary/aromatic N) is 3. The molecule has 6 nitrogen and oxygen atoms in total. The third-order valence-corrected chi connectivity index (χ3v) is 4.26. The van der Waals surface area contributed by atoms with Crippen LogP contribution in [0.2, 0.25) is 0 Å². The van der Waals surface area contributed by atoms with Gasteiger partial charge in [0.15, 0.2) is 0 Å². The van der Waals surface area contributed by atoms with Crippen molar-refractivity contribution < 1.29 is 4.52 Å². The Bertz CT molecular complexity index is 1160. The minimum Gasteiger partial charge on any atom is -0.334 e. The van der Waals surface area contributed by atoms with Gasteiger partial charge in [-0.1, -0.05) is 47.1 Å². The highest BCUT2D eigenvalue weighted by atomic mass is 16.5. The van der Waals surface area contributed by atoms with E-state index in [-0.39, 0.29) is 5.69 Å². The summed E-state index contributed by atoms with van der Waals surface area (Å²) >= 11 is 0. The predicted molar refractivity (Wildman–Crippen MR) is 105 cm³/mol. The van der Waals surface area contributed by atoms with Crippen molar-refractivity contribution in [2.45, 2.75) is 13.8 Å².